The predicted octanol–water partition coefficient (Wildman–Crippen LogP) is 1.86. The Morgan fingerprint density at radius 3 is 2.43 bits per heavy atom. The molecule has 6 nitrogen and oxygen atoms in total. The number of rotatable bonds is 4. The zero-order chi connectivity index (χ0) is 15.3. The van der Waals surface area contributed by atoms with Crippen molar-refractivity contribution in [2.45, 2.75) is 25.3 Å². The summed E-state index contributed by atoms with van der Waals surface area (Å²) in [4.78, 5) is 25.6. The van der Waals surface area contributed by atoms with E-state index in [2.05, 4.69) is 5.32 Å². The molecule has 1 saturated heterocycles. The van der Waals surface area contributed by atoms with Gasteiger partial charge >= 0.3 is 12.0 Å². The van der Waals surface area contributed by atoms with Crippen LogP contribution in [0, 0.1) is 0 Å². The Balaban J connectivity index is 2.16. The third kappa shape index (κ3) is 3.33. The van der Waals surface area contributed by atoms with Crippen LogP contribution in [0.15, 0.2) is 30.3 Å². The molecule has 6 heteroatoms. The lowest BCUT2D eigenvalue weighted by Crippen LogP contribution is -2.60. The minimum absolute atomic E-state index is 0.278. The summed E-state index contributed by atoms with van der Waals surface area (Å²) in [6.07, 6.45) is 0.556. The smallest absolute Gasteiger partial charge is 0.329 e. The van der Waals surface area contributed by atoms with E-state index < -0.39 is 17.5 Å². The molecule has 0 bridgehead atoms. The Kier molecular flexibility index (Phi) is 4.80. The molecule has 0 atom stereocenters. The van der Waals surface area contributed by atoms with E-state index in [1.807, 2.05) is 37.3 Å². The lowest BCUT2D eigenvalue weighted by atomic mass is 9.90. The fourth-order valence-electron chi connectivity index (χ4n) is 2.44. The Hall–Kier alpha value is -2.08. The van der Waals surface area contributed by atoms with Crippen molar-refractivity contribution in [2.75, 3.05) is 24.7 Å². The van der Waals surface area contributed by atoms with Crippen molar-refractivity contribution < 1.29 is 19.4 Å². The molecule has 21 heavy (non-hydrogen) atoms. The summed E-state index contributed by atoms with van der Waals surface area (Å²) >= 11 is 0. The molecule has 1 aliphatic heterocycles. The largest absolute Gasteiger partial charge is 0.480 e. The Morgan fingerprint density at radius 2 is 1.90 bits per heavy atom. The molecule has 0 aromatic heterocycles. The quantitative estimate of drug-likeness (QED) is 0.887. The summed E-state index contributed by atoms with van der Waals surface area (Å²) in [5.74, 6) is -1.01. The highest BCUT2D eigenvalue weighted by atomic mass is 16.5. The second-order valence-corrected chi connectivity index (χ2v) is 5.01. The first-order chi connectivity index (χ1) is 10.1. The van der Waals surface area contributed by atoms with Crippen molar-refractivity contribution in [3.8, 4) is 0 Å². The van der Waals surface area contributed by atoms with Crippen molar-refractivity contribution in [3.63, 3.8) is 0 Å². The maximum atomic E-state index is 12.5. The standard InChI is InChI=1S/C15H20N2O4/c1-2-17(12-6-4-3-5-7-12)14(20)16-15(13(18)19)8-10-21-11-9-15/h3-7H,2,8-11H2,1H3,(H,16,20)(H,18,19). The van der Waals surface area contributed by atoms with E-state index in [4.69, 9.17) is 4.74 Å². The van der Waals surface area contributed by atoms with Crippen LogP contribution in [0.2, 0.25) is 0 Å². The van der Waals surface area contributed by atoms with Gasteiger partial charge in [0.25, 0.3) is 0 Å². The number of para-hydroxylation sites is 1. The topological polar surface area (TPSA) is 78.9 Å². The highest BCUT2D eigenvalue weighted by Crippen LogP contribution is 2.22. The molecule has 1 fully saturated rings. The minimum Gasteiger partial charge on any atom is -0.480 e. The maximum Gasteiger partial charge on any atom is 0.329 e. The van der Waals surface area contributed by atoms with Gasteiger partial charge in [0, 0.05) is 38.3 Å². The number of amides is 2. The molecule has 0 unspecified atom stereocenters. The molecule has 2 amide bonds. The first kappa shape index (κ1) is 15.3. The van der Waals surface area contributed by atoms with E-state index in [-0.39, 0.29) is 12.8 Å². The lowest BCUT2D eigenvalue weighted by Gasteiger charge is -2.35. The van der Waals surface area contributed by atoms with Crippen LogP contribution < -0.4 is 10.2 Å². The number of anilines is 1. The van der Waals surface area contributed by atoms with Gasteiger partial charge in [0.15, 0.2) is 0 Å². The van der Waals surface area contributed by atoms with Crippen molar-refractivity contribution in [2.24, 2.45) is 0 Å². The number of carbonyl (C=O) groups excluding carboxylic acids is 1. The zero-order valence-corrected chi connectivity index (χ0v) is 12.0. The Labute approximate surface area is 123 Å². The normalized spacial score (nSPS) is 17.0. The number of hydrogen-bond donors (Lipinski definition) is 2. The van der Waals surface area contributed by atoms with Gasteiger partial charge < -0.3 is 15.2 Å². The molecule has 0 aliphatic carbocycles. The number of carboxylic acid groups (broad SMARTS) is 1. The van der Waals surface area contributed by atoms with E-state index in [1.165, 1.54) is 4.90 Å². The van der Waals surface area contributed by atoms with Crippen molar-refractivity contribution in [1.29, 1.82) is 0 Å². The molecule has 2 rings (SSSR count). The summed E-state index contributed by atoms with van der Waals surface area (Å²) < 4.78 is 5.20. The van der Waals surface area contributed by atoms with Crippen LogP contribution in [0.5, 0.6) is 0 Å². The van der Waals surface area contributed by atoms with E-state index >= 15 is 0 Å². The number of urea groups is 1. The molecule has 114 valence electrons. The van der Waals surface area contributed by atoms with Gasteiger partial charge in [0.2, 0.25) is 0 Å². The van der Waals surface area contributed by atoms with Crippen LogP contribution >= 0.6 is 0 Å². The first-order valence-electron chi connectivity index (χ1n) is 7.05. The molecular weight excluding hydrogens is 272 g/mol. The van der Waals surface area contributed by atoms with E-state index in [0.29, 0.717) is 19.8 Å². The maximum absolute atomic E-state index is 12.5. The van der Waals surface area contributed by atoms with Crippen LogP contribution in [0.1, 0.15) is 19.8 Å². The average Bonchev–Trinajstić information content (AvgIpc) is 2.50. The number of hydrogen-bond acceptors (Lipinski definition) is 3. The average molecular weight is 292 g/mol. The van der Waals surface area contributed by atoms with Gasteiger partial charge in [-0.25, -0.2) is 9.59 Å². The van der Waals surface area contributed by atoms with E-state index in [9.17, 15) is 14.7 Å². The number of nitrogens with one attached hydrogen (secondary N) is 1. The second-order valence-electron chi connectivity index (χ2n) is 5.01. The molecular formula is C15H20N2O4. The third-order valence-electron chi connectivity index (χ3n) is 3.73. The fourth-order valence-corrected chi connectivity index (χ4v) is 2.44. The number of aliphatic carboxylic acids is 1. The molecule has 1 aromatic rings. The molecule has 0 spiro atoms. The summed E-state index contributed by atoms with van der Waals surface area (Å²) in [7, 11) is 0. The van der Waals surface area contributed by atoms with Gasteiger partial charge in [-0.05, 0) is 19.1 Å². The minimum atomic E-state index is -1.24. The van der Waals surface area contributed by atoms with Crippen LogP contribution in [-0.2, 0) is 9.53 Å². The monoisotopic (exact) mass is 292 g/mol. The summed E-state index contributed by atoms with van der Waals surface area (Å²) in [5, 5.41) is 12.2. The van der Waals surface area contributed by atoms with Crippen LogP contribution in [0.3, 0.4) is 0 Å². The van der Waals surface area contributed by atoms with E-state index in [0.717, 1.165) is 5.69 Å². The van der Waals surface area contributed by atoms with Crippen molar-refractivity contribution in [1.82, 2.24) is 5.32 Å². The molecule has 2 N–H and O–H groups in total. The third-order valence-corrected chi connectivity index (χ3v) is 3.73. The SMILES string of the molecule is CCN(C(=O)NC1(C(=O)O)CCOCC1)c1ccccc1. The van der Waals surface area contributed by atoms with Crippen molar-refractivity contribution in [3.05, 3.63) is 30.3 Å². The summed E-state index contributed by atoms with van der Waals surface area (Å²) in [5.41, 5.74) is -0.498. The number of ether oxygens (including phenoxy) is 1. The van der Waals surface area contributed by atoms with E-state index in [1.54, 1.807) is 0 Å². The first-order valence-corrected chi connectivity index (χ1v) is 7.05. The molecule has 1 aromatic carbocycles. The molecule has 0 saturated carbocycles. The zero-order valence-electron chi connectivity index (χ0n) is 12.0. The van der Waals surface area contributed by atoms with Gasteiger partial charge in [-0.1, -0.05) is 18.2 Å². The summed E-state index contributed by atoms with van der Waals surface area (Å²) in [6.45, 7) is 2.99. The second kappa shape index (κ2) is 6.58. The molecule has 0 radical (unpaired) electrons. The molecule has 1 aliphatic rings. The predicted molar refractivity (Wildman–Crippen MR) is 78.4 cm³/mol. The highest BCUT2D eigenvalue weighted by molar-refractivity contribution is 5.95. The van der Waals surface area contributed by atoms with Gasteiger partial charge in [-0.2, -0.15) is 0 Å². The van der Waals surface area contributed by atoms with Gasteiger partial charge in [0.05, 0.1) is 0 Å². The highest BCUT2D eigenvalue weighted by Gasteiger charge is 2.42. The van der Waals surface area contributed by atoms with Crippen molar-refractivity contribution >= 4 is 17.7 Å². The van der Waals surface area contributed by atoms with Gasteiger partial charge in [-0.15, -0.1) is 0 Å². The lowest BCUT2D eigenvalue weighted by molar-refractivity contribution is -0.148. The Morgan fingerprint density at radius 1 is 1.29 bits per heavy atom. The number of nitrogens with zero attached hydrogens (tertiary/aromatic N) is 1. The number of carboxylic acids is 1. The fraction of sp³-hybridized carbons (Fsp3) is 0.467. The van der Waals surface area contributed by atoms with Crippen LogP contribution in [-0.4, -0.2) is 42.4 Å². The number of benzene rings is 1. The van der Waals surface area contributed by atoms with Gasteiger partial charge in [0.1, 0.15) is 5.54 Å². The number of carbonyl (C=O) groups is 2. The summed E-state index contributed by atoms with van der Waals surface area (Å²) in [6, 6.07) is 8.79. The van der Waals surface area contributed by atoms with Crippen LogP contribution in [0.4, 0.5) is 10.5 Å². The van der Waals surface area contributed by atoms with Gasteiger partial charge in [-0.3, -0.25) is 4.90 Å². The molecule has 1 heterocycles. The Bertz CT molecular complexity index is 498. The van der Waals surface area contributed by atoms with Crippen LogP contribution in [0.25, 0.3) is 0 Å².